The average Bonchev–Trinajstić information content (AvgIpc) is 3.25. The molecule has 0 aromatic heterocycles. The van der Waals surface area contributed by atoms with E-state index < -0.39 is 5.54 Å². The Morgan fingerprint density at radius 3 is 2.75 bits per heavy atom. The van der Waals surface area contributed by atoms with Gasteiger partial charge in [0.25, 0.3) is 0 Å². The van der Waals surface area contributed by atoms with Gasteiger partial charge < -0.3 is 10.6 Å². The molecule has 0 spiro atoms. The van der Waals surface area contributed by atoms with E-state index in [-0.39, 0.29) is 12.5 Å². The number of nitrogens with zero attached hydrogens (tertiary/aromatic N) is 1. The molecule has 0 radical (unpaired) electrons. The second-order valence-electron chi connectivity index (χ2n) is 5.74. The molecule has 1 saturated carbocycles. The first-order valence-electron chi connectivity index (χ1n) is 6.98. The van der Waals surface area contributed by atoms with Crippen molar-refractivity contribution in [3.05, 3.63) is 29.3 Å². The number of hydrogen-bond donors (Lipinski definition) is 2. The van der Waals surface area contributed by atoms with Crippen LogP contribution in [0.5, 0.6) is 0 Å². The number of nitriles is 1. The minimum Gasteiger partial charge on any atom is -0.376 e. The topological polar surface area (TPSA) is 64.9 Å². The zero-order valence-electron chi connectivity index (χ0n) is 12.3. The molecule has 2 N–H and O–H groups in total. The Bertz CT molecular complexity index is 557. The summed E-state index contributed by atoms with van der Waals surface area (Å²) < 4.78 is 0. The van der Waals surface area contributed by atoms with Crippen LogP contribution in [0.3, 0.4) is 0 Å². The number of rotatable bonds is 5. The summed E-state index contributed by atoms with van der Waals surface area (Å²) in [6.45, 7) is 6.06. The molecule has 0 saturated heterocycles. The Balaban J connectivity index is 1.92. The summed E-state index contributed by atoms with van der Waals surface area (Å²) in [5, 5.41) is 15.2. The van der Waals surface area contributed by atoms with Crippen molar-refractivity contribution in [2.45, 2.75) is 39.2 Å². The number of hydrogen-bond acceptors (Lipinski definition) is 3. The predicted octanol–water partition coefficient (Wildman–Crippen LogP) is 2.52. The fourth-order valence-electron chi connectivity index (χ4n) is 2.33. The summed E-state index contributed by atoms with van der Waals surface area (Å²) in [4.78, 5) is 12.0. The van der Waals surface area contributed by atoms with Crippen LogP contribution < -0.4 is 10.6 Å². The lowest BCUT2D eigenvalue weighted by molar-refractivity contribution is -0.120. The molecule has 2 rings (SSSR count). The fraction of sp³-hybridized carbons (Fsp3) is 0.500. The molecule has 0 unspecified atom stereocenters. The summed E-state index contributed by atoms with van der Waals surface area (Å²) in [6.07, 6.45) is 2.05. The van der Waals surface area contributed by atoms with Crippen LogP contribution in [0.1, 0.15) is 30.9 Å². The van der Waals surface area contributed by atoms with E-state index in [2.05, 4.69) is 16.7 Å². The predicted molar refractivity (Wildman–Crippen MR) is 79.3 cm³/mol. The number of nitrogens with one attached hydrogen (secondary N) is 2. The van der Waals surface area contributed by atoms with E-state index in [1.165, 1.54) is 5.56 Å². The van der Waals surface area contributed by atoms with E-state index in [1.54, 1.807) is 6.92 Å². The van der Waals surface area contributed by atoms with Gasteiger partial charge in [-0.05, 0) is 56.7 Å². The molecule has 0 bridgehead atoms. The molecule has 4 heteroatoms. The van der Waals surface area contributed by atoms with Crippen molar-refractivity contribution in [1.82, 2.24) is 5.32 Å². The van der Waals surface area contributed by atoms with E-state index in [0.29, 0.717) is 5.92 Å². The first kappa shape index (κ1) is 14.4. The van der Waals surface area contributed by atoms with Crippen LogP contribution in [-0.4, -0.2) is 18.0 Å². The van der Waals surface area contributed by atoms with Gasteiger partial charge in [0.15, 0.2) is 0 Å². The van der Waals surface area contributed by atoms with Crippen molar-refractivity contribution < 1.29 is 4.79 Å². The van der Waals surface area contributed by atoms with Crippen LogP contribution in [0.4, 0.5) is 5.69 Å². The number of carbonyl (C=O) groups excluding carboxylic acids is 1. The first-order valence-corrected chi connectivity index (χ1v) is 6.98. The van der Waals surface area contributed by atoms with Gasteiger partial charge in [0, 0.05) is 5.69 Å². The Morgan fingerprint density at radius 2 is 2.15 bits per heavy atom. The highest BCUT2D eigenvalue weighted by atomic mass is 16.2. The van der Waals surface area contributed by atoms with E-state index >= 15 is 0 Å². The van der Waals surface area contributed by atoms with E-state index in [1.807, 2.05) is 32.0 Å². The van der Waals surface area contributed by atoms with Crippen LogP contribution >= 0.6 is 0 Å². The van der Waals surface area contributed by atoms with Gasteiger partial charge in [0.05, 0.1) is 12.6 Å². The number of amides is 1. The van der Waals surface area contributed by atoms with Crippen molar-refractivity contribution in [1.29, 1.82) is 5.26 Å². The van der Waals surface area contributed by atoms with E-state index in [4.69, 9.17) is 0 Å². The van der Waals surface area contributed by atoms with Crippen molar-refractivity contribution in [3.8, 4) is 6.07 Å². The second-order valence-corrected chi connectivity index (χ2v) is 5.74. The Morgan fingerprint density at radius 1 is 1.45 bits per heavy atom. The van der Waals surface area contributed by atoms with E-state index in [9.17, 15) is 10.1 Å². The molecule has 0 aliphatic heterocycles. The van der Waals surface area contributed by atoms with E-state index in [0.717, 1.165) is 24.1 Å². The molecule has 1 atom stereocenters. The molecule has 1 aliphatic carbocycles. The maximum absolute atomic E-state index is 12.0. The summed E-state index contributed by atoms with van der Waals surface area (Å²) in [5.41, 5.74) is 2.58. The van der Waals surface area contributed by atoms with Crippen LogP contribution in [0, 0.1) is 31.1 Å². The van der Waals surface area contributed by atoms with Gasteiger partial charge in [-0.15, -0.1) is 0 Å². The maximum Gasteiger partial charge on any atom is 0.240 e. The lowest BCUT2D eigenvalue weighted by atomic mass is 9.98. The highest BCUT2D eigenvalue weighted by molar-refractivity contribution is 5.82. The number of aryl methyl sites for hydroxylation is 1. The molecule has 20 heavy (non-hydrogen) atoms. The molecule has 1 aromatic carbocycles. The Kier molecular flexibility index (Phi) is 3.99. The van der Waals surface area contributed by atoms with Crippen LogP contribution in [0.25, 0.3) is 0 Å². The molecular formula is C16H21N3O. The highest BCUT2D eigenvalue weighted by Gasteiger charge is 2.42. The third-order valence-electron chi connectivity index (χ3n) is 4.07. The van der Waals surface area contributed by atoms with Crippen molar-refractivity contribution in [2.24, 2.45) is 5.92 Å². The van der Waals surface area contributed by atoms with Gasteiger partial charge in [-0.2, -0.15) is 5.26 Å². The normalized spacial score (nSPS) is 16.9. The smallest absolute Gasteiger partial charge is 0.240 e. The zero-order valence-corrected chi connectivity index (χ0v) is 12.3. The van der Waals surface area contributed by atoms with Gasteiger partial charge in [0.1, 0.15) is 5.54 Å². The number of benzene rings is 1. The third-order valence-corrected chi connectivity index (χ3v) is 4.07. The lowest BCUT2D eigenvalue weighted by Gasteiger charge is -2.23. The largest absolute Gasteiger partial charge is 0.376 e. The number of carbonyl (C=O) groups is 1. The minimum atomic E-state index is -0.722. The van der Waals surface area contributed by atoms with Gasteiger partial charge in [-0.25, -0.2) is 0 Å². The fourth-order valence-corrected chi connectivity index (χ4v) is 2.33. The summed E-state index contributed by atoms with van der Waals surface area (Å²) in [6, 6.07) is 8.20. The average molecular weight is 271 g/mol. The molecule has 1 aliphatic rings. The molecule has 1 amide bonds. The zero-order chi connectivity index (χ0) is 14.8. The highest BCUT2D eigenvalue weighted by Crippen LogP contribution is 2.39. The Hall–Kier alpha value is -2.02. The van der Waals surface area contributed by atoms with Crippen molar-refractivity contribution in [2.75, 3.05) is 11.9 Å². The SMILES string of the molecule is Cc1cccc(NCC(=O)N[C@](C)(C#N)C2CC2)c1C. The van der Waals surface area contributed by atoms with Crippen LogP contribution in [-0.2, 0) is 4.79 Å². The molecule has 106 valence electrons. The van der Waals surface area contributed by atoms with Gasteiger partial charge in [0.2, 0.25) is 5.91 Å². The molecule has 1 aromatic rings. The molecule has 4 nitrogen and oxygen atoms in total. The monoisotopic (exact) mass is 271 g/mol. The van der Waals surface area contributed by atoms with Crippen LogP contribution in [0.15, 0.2) is 18.2 Å². The minimum absolute atomic E-state index is 0.137. The summed E-state index contributed by atoms with van der Waals surface area (Å²) >= 11 is 0. The maximum atomic E-state index is 12.0. The Labute approximate surface area is 120 Å². The van der Waals surface area contributed by atoms with Crippen LogP contribution in [0.2, 0.25) is 0 Å². The number of anilines is 1. The molecule has 0 heterocycles. The summed E-state index contributed by atoms with van der Waals surface area (Å²) in [7, 11) is 0. The molecule has 1 fully saturated rings. The van der Waals surface area contributed by atoms with Crippen molar-refractivity contribution >= 4 is 11.6 Å². The molecular weight excluding hydrogens is 250 g/mol. The quantitative estimate of drug-likeness (QED) is 0.865. The second kappa shape index (κ2) is 5.54. The lowest BCUT2D eigenvalue weighted by Crippen LogP contribution is -2.48. The van der Waals surface area contributed by atoms with Crippen molar-refractivity contribution in [3.63, 3.8) is 0 Å². The summed E-state index contributed by atoms with van der Waals surface area (Å²) in [5.74, 6) is 0.166. The van der Waals surface area contributed by atoms with Gasteiger partial charge in [-0.1, -0.05) is 12.1 Å². The van der Waals surface area contributed by atoms with Gasteiger partial charge >= 0.3 is 0 Å². The first-order chi connectivity index (χ1) is 9.46. The van der Waals surface area contributed by atoms with Gasteiger partial charge in [-0.3, -0.25) is 4.79 Å². The standard InChI is InChI=1S/C16H21N3O/c1-11-5-4-6-14(12(11)2)18-9-15(20)19-16(3,10-17)13-7-8-13/h4-6,13,18H,7-9H2,1-3H3,(H,19,20)/t16-/m1/s1. The third kappa shape index (κ3) is 3.11.